The summed E-state index contributed by atoms with van der Waals surface area (Å²) in [7, 11) is 0. The fourth-order valence-corrected chi connectivity index (χ4v) is 1.94. The highest BCUT2D eigenvalue weighted by molar-refractivity contribution is 7.99. The quantitative estimate of drug-likeness (QED) is 0.410. The Morgan fingerprint density at radius 2 is 2.07 bits per heavy atom. The third-order valence-corrected chi connectivity index (χ3v) is 2.96. The SMILES string of the molecule is C=CCCC(=O)c1ccc(SCC)cc1. The van der Waals surface area contributed by atoms with Crippen LogP contribution >= 0.6 is 11.8 Å². The fourth-order valence-electron chi connectivity index (χ4n) is 1.28. The first kappa shape index (κ1) is 12.1. The van der Waals surface area contributed by atoms with E-state index in [0.717, 1.165) is 17.7 Å². The van der Waals surface area contributed by atoms with Crippen LogP contribution in [0.4, 0.5) is 0 Å². The molecule has 0 saturated heterocycles. The van der Waals surface area contributed by atoms with Crippen molar-refractivity contribution in [1.82, 2.24) is 0 Å². The number of benzene rings is 1. The van der Waals surface area contributed by atoms with Crippen molar-refractivity contribution in [2.75, 3.05) is 5.75 Å². The van der Waals surface area contributed by atoms with Gasteiger partial charge in [0.25, 0.3) is 0 Å². The maximum atomic E-state index is 11.6. The molecule has 0 spiro atoms. The molecule has 0 saturated carbocycles. The van der Waals surface area contributed by atoms with Gasteiger partial charge in [0.1, 0.15) is 0 Å². The van der Waals surface area contributed by atoms with Gasteiger partial charge in [0, 0.05) is 16.9 Å². The van der Waals surface area contributed by atoms with E-state index in [4.69, 9.17) is 0 Å². The number of ketones is 1. The minimum atomic E-state index is 0.197. The first-order valence-corrected chi connectivity index (χ1v) is 6.13. The molecule has 0 radical (unpaired) electrons. The van der Waals surface area contributed by atoms with E-state index in [9.17, 15) is 4.79 Å². The molecular weight excluding hydrogens is 204 g/mol. The number of allylic oxidation sites excluding steroid dienone is 1. The summed E-state index contributed by atoms with van der Waals surface area (Å²) < 4.78 is 0. The molecule has 2 heteroatoms. The van der Waals surface area contributed by atoms with E-state index in [1.165, 1.54) is 4.90 Å². The Labute approximate surface area is 95.6 Å². The lowest BCUT2D eigenvalue weighted by molar-refractivity contribution is 0.0983. The lowest BCUT2D eigenvalue weighted by Gasteiger charge is -2.01. The van der Waals surface area contributed by atoms with Crippen LogP contribution in [-0.2, 0) is 0 Å². The number of hydrogen-bond donors (Lipinski definition) is 0. The van der Waals surface area contributed by atoms with Crippen molar-refractivity contribution in [3.63, 3.8) is 0 Å². The van der Waals surface area contributed by atoms with Crippen LogP contribution in [0, 0.1) is 0 Å². The summed E-state index contributed by atoms with van der Waals surface area (Å²) in [5, 5.41) is 0. The summed E-state index contributed by atoms with van der Waals surface area (Å²) in [5.74, 6) is 1.26. The number of carbonyl (C=O) groups is 1. The molecule has 0 atom stereocenters. The van der Waals surface area contributed by atoms with Gasteiger partial charge in [-0.2, -0.15) is 0 Å². The summed E-state index contributed by atoms with van der Waals surface area (Å²) in [4.78, 5) is 12.8. The third kappa shape index (κ3) is 3.92. The van der Waals surface area contributed by atoms with Gasteiger partial charge in [-0.1, -0.05) is 25.1 Å². The van der Waals surface area contributed by atoms with Crippen molar-refractivity contribution in [3.05, 3.63) is 42.5 Å². The first-order chi connectivity index (χ1) is 7.27. The average molecular weight is 220 g/mol. The first-order valence-electron chi connectivity index (χ1n) is 5.15. The van der Waals surface area contributed by atoms with Crippen molar-refractivity contribution < 1.29 is 4.79 Å². The second-order valence-corrected chi connectivity index (χ2v) is 4.55. The number of Topliss-reactive ketones (excluding diaryl/α,β-unsaturated/α-hetero) is 1. The van der Waals surface area contributed by atoms with Crippen LogP contribution in [0.25, 0.3) is 0 Å². The Morgan fingerprint density at radius 3 is 2.60 bits per heavy atom. The highest BCUT2D eigenvalue weighted by Crippen LogP contribution is 2.18. The smallest absolute Gasteiger partial charge is 0.163 e. The van der Waals surface area contributed by atoms with Crippen LogP contribution in [0.3, 0.4) is 0 Å². The summed E-state index contributed by atoms with van der Waals surface area (Å²) in [6.45, 7) is 5.73. The molecule has 1 aromatic rings. The van der Waals surface area contributed by atoms with Gasteiger partial charge in [0.15, 0.2) is 5.78 Å². The molecule has 0 fully saturated rings. The fraction of sp³-hybridized carbons (Fsp3) is 0.308. The monoisotopic (exact) mass is 220 g/mol. The Balaban J connectivity index is 2.62. The molecule has 1 aromatic carbocycles. The zero-order chi connectivity index (χ0) is 11.1. The van der Waals surface area contributed by atoms with Gasteiger partial charge >= 0.3 is 0 Å². The molecule has 1 nitrogen and oxygen atoms in total. The Bertz CT molecular complexity index is 327. The summed E-state index contributed by atoms with van der Waals surface area (Å²) in [5.41, 5.74) is 0.803. The van der Waals surface area contributed by atoms with Crippen LogP contribution in [0.15, 0.2) is 41.8 Å². The molecule has 0 heterocycles. The minimum Gasteiger partial charge on any atom is -0.294 e. The van der Waals surface area contributed by atoms with E-state index in [0.29, 0.717) is 6.42 Å². The Morgan fingerprint density at radius 1 is 1.40 bits per heavy atom. The van der Waals surface area contributed by atoms with Crippen molar-refractivity contribution in [2.45, 2.75) is 24.7 Å². The van der Waals surface area contributed by atoms with Crippen molar-refractivity contribution in [3.8, 4) is 0 Å². The number of carbonyl (C=O) groups excluding carboxylic acids is 1. The molecule has 80 valence electrons. The standard InChI is InChI=1S/C13H16OS/c1-3-5-6-13(14)11-7-9-12(10-8-11)15-4-2/h3,7-10H,1,4-6H2,2H3. The molecule has 15 heavy (non-hydrogen) atoms. The van der Waals surface area contributed by atoms with Crippen molar-refractivity contribution >= 4 is 17.5 Å². The highest BCUT2D eigenvalue weighted by Gasteiger charge is 2.03. The second kappa shape index (κ2) is 6.46. The zero-order valence-corrected chi connectivity index (χ0v) is 9.85. The van der Waals surface area contributed by atoms with Gasteiger partial charge in [-0.3, -0.25) is 4.79 Å². The van der Waals surface area contributed by atoms with Gasteiger partial charge in [-0.25, -0.2) is 0 Å². The lowest BCUT2D eigenvalue weighted by atomic mass is 10.1. The topological polar surface area (TPSA) is 17.1 Å². The molecule has 0 aliphatic carbocycles. The third-order valence-electron chi connectivity index (χ3n) is 2.06. The minimum absolute atomic E-state index is 0.197. The van der Waals surface area contributed by atoms with Crippen LogP contribution < -0.4 is 0 Å². The predicted octanol–water partition coefficient (Wildman–Crippen LogP) is 3.95. The normalized spacial score (nSPS) is 9.93. The van der Waals surface area contributed by atoms with E-state index in [2.05, 4.69) is 13.5 Å². The number of thioether (sulfide) groups is 1. The predicted molar refractivity (Wildman–Crippen MR) is 66.6 cm³/mol. The van der Waals surface area contributed by atoms with Gasteiger partial charge in [0.2, 0.25) is 0 Å². The van der Waals surface area contributed by atoms with Gasteiger partial charge in [0.05, 0.1) is 0 Å². The van der Waals surface area contributed by atoms with Crippen LogP contribution in [-0.4, -0.2) is 11.5 Å². The molecule has 0 amide bonds. The maximum absolute atomic E-state index is 11.6. The molecule has 0 aliphatic rings. The molecule has 0 aliphatic heterocycles. The van der Waals surface area contributed by atoms with Gasteiger partial charge < -0.3 is 0 Å². The van der Waals surface area contributed by atoms with E-state index in [1.807, 2.05) is 24.3 Å². The molecule has 0 unspecified atom stereocenters. The molecular formula is C13H16OS. The Hall–Kier alpha value is -1.02. The van der Waals surface area contributed by atoms with E-state index >= 15 is 0 Å². The maximum Gasteiger partial charge on any atom is 0.163 e. The molecule has 0 aromatic heterocycles. The lowest BCUT2D eigenvalue weighted by Crippen LogP contribution is -1.97. The molecule has 0 bridgehead atoms. The van der Waals surface area contributed by atoms with Crippen LogP contribution in [0.1, 0.15) is 30.1 Å². The summed E-state index contributed by atoms with van der Waals surface area (Å²) >= 11 is 1.79. The largest absolute Gasteiger partial charge is 0.294 e. The van der Waals surface area contributed by atoms with E-state index in [1.54, 1.807) is 17.8 Å². The molecule has 0 N–H and O–H groups in total. The average Bonchev–Trinajstić information content (AvgIpc) is 2.27. The number of rotatable bonds is 6. The molecule has 1 rings (SSSR count). The summed E-state index contributed by atoms with van der Waals surface area (Å²) in [6, 6.07) is 7.83. The second-order valence-electron chi connectivity index (χ2n) is 3.21. The van der Waals surface area contributed by atoms with Crippen molar-refractivity contribution in [1.29, 1.82) is 0 Å². The zero-order valence-electron chi connectivity index (χ0n) is 9.03. The summed E-state index contributed by atoms with van der Waals surface area (Å²) in [6.07, 6.45) is 3.09. The van der Waals surface area contributed by atoms with E-state index in [-0.39, 0.29) is 5.78 Å². The van der Waals surface area contributed by atoms with Crippen LogP contribution in [0.5, 0.6) is 0 Å². The number of hydrogen-bond acceptors (Lipinski definition) is 2. The van der Waals surface area contributed by atoms with Gasteiger partial charge in [-0.05, 0) is 24.3 Å². The highest BCUT2D eigenvalue weighted by atomic mass is 32.2. The van der Waals surface area contributed by atoms with Gasteiger partial charge in [-0.15, -0.1) is 18.3 Å². The van der Waals surface area contributed by atoms with Crippen molar-refractivity contribution in [2.24, 2.45) is 0 Å². The van der Waals surface area contributed by atoms with Crippen LogP contribution in [0.2, 0.25) is 0 Å². The Kier molecular flexibility index (Phi) is 5.19. The van der Waals surface area contributed by atoms with E-state index < -0.39 is 0 Å².